The van der Waals surface area contributed by atoms with Gasteiger partial charge < -0.3 is 0 Å². The van der Waals surface area contributed by atoms with Crippen molar-refractivity contribution in [3.63, 3.8) is 0 Å². The van der Waals surface area contributed by atoms with Gasteiger partial charge in [0.1, 0.15) is 17.5 Å². The van der Waals surface area contributed by atoms with Crippen molar-refractivity contribution in [1.82, 2.24) is 14.8 Å². The number of allylic oxidation sites excluding steroid dienone is 1. The van der Waals surface area contributed by atoms with Gasteiger partial charge in [0.2, 0.25) is 0 Å². The van der Waals surface area contributed by atoms with Gasteiger partial charge in [0, 0.05) is 18.4 Å². The number of benzene rings is 2. The molecule has 0 N–H and O–H groups in total. The van der Waals surface area contributed by atoms with Crippen LogP contribution < -0.4 is 0 Å². The highest BCUT2D eigenvalue weighted by Gasteiger charge is 2.16. The number of hydrogen-bond donors (Lipinski definition) is 0. The fourth-order valence-electron chi connectivity index (χ4n) is 2.37. The van der Waals surface area contributed by atoms with Crippen molar-refractivity contribution in [3.05, 3.63) is 78.1 Å². The molecule has 2 aromatic carbocycles. The molecular formula is C18H14F3N3S. The molecule has 7 heteroatoms. The Labute approximate surface area is 147 Å². The molecule has 128 valence electrons. The SMILES string of the molecule is C=CCn1c(SCc2cc(F)cc(F)c2)nnc1-c1ccccc1F. The zero-order chi connectivity index (χ0) is 17.8. The lowest BCUT2D eigenvalue weighted by Crippen LogP contribution is -2.02. The van der Waals surface area contributed by atoms with Crippen LogP contribution in [0.3, 0.4) is 0 Å². The minimum atomic E-state index is -0.629. The van der Waals surface area contributed by atoms with E-state index in [0.29, 0.717) is 34.4 Å². The molecule has 0 saturated heterocycles. The normalized spacial score (nSPS) is 10.8. The molecule has 0 amide bonds. The first-order valence-electron chi connectivity index (χ1n) is 7.45. The number of hydrogen-bond acceptors (Lipinski definition) is 3. The van der Waals surface area contributed by atoms with Crippen LogP contribution in [0.2, 0.25) is 0 Å². The van der Waals surface area contributed by atoms with E-state index in [1.54, 1.807) is 28.8 Å². The fourth-order valence-corrected chi connectivity index (χ4v) is 3.25. The van der Waals surface area contributed by atoms with Gasteiger partial charge in [0.25, 0.3) is 0 Å². The molecule has 0 aliphatic carbocycles. The van der Waals surface area contributed by atoms with Crippen LogP contribution in [0.5, 0.6) is 0 Å². The summed E-state index contributed by atoms with van der Waals surface area (Å²) in [6.07, 6.45) is 1.65. The Bertz CT molecular complexity index is 888. The number of halogens is 3. The van der Waals surface area contributed by atoms with Crippen molar-refractivity contribution in [2.75, 3.05) is 0 Å². The average molecular weight is 361 g/mol. The molecule has 0 spiro atoms. The lowest BCUT2D eigenvalue weighted by atomic mass is 10.2. The predicted octanol–water partition coefficient (Wildman–Crippen LogP) is 4.84. The Morgan fingerprint density at radius 2 is 1.76 bits per heavy atom. The van der Waals surface area contributed by atoms with E-state index >= 15 is 0 Å². The van der Waals surface area contributed by atoms with E-state index in [9.17, 15) is 13.2 Å². The van der Waals surface area contributed by atoms with Crippen molar-refractivity contribution in [2.24, 2.45) is 0 Å². The van der Waals surface area contributed by atoms with E-state index in [1.165, 1.54) is 30.0 Å². The number of rotatable bonds is 6. The molecule has 25 heavy (non-hydrogen) atoms. The Hall–Kier alpha value is -2.54. The molecule has 0 atom stereocenters. The molecule has 3 aromatic rings. The van der Waals surface area contributed by atoms with Gasteiger partial charge in [-0.05, 0) is 29.8 Å². The Morgan fingerprint density at radius 3 is 2.44 bits per heavy atom. The molecule has 0 aliphatic heterocycles. The van der Waals surface area contributed by atoms with Crippen LogP contribution in [0.1, 0.15) is 5.56 Å². The quantitative estimate of drug-likeness (QED) is 0.465. The first-order chi connectivity index (χ1) is 12.1. The van der Waals surface area contributed by atoms with Gasteiger partial charge in [-0.25, -0.2) is 13.2 Å². The summed E-state index contributed by atoms with van der Waals surface area (Å²) in [5.41, 5.74) is 0.823. The highest BCUT2D eigenvalue weighted by molar-refractivity contribution is 7.98. The van der Waals surface area contributed by atoms with Crippen molar-refractivity contribution in [2.45, 2.75) is 17.5 Å². The standard InChI is InChI=1S/C18H14F3N3S/c1-2-7-24-17(15-5-3-4-6-16(15)21)22-23-18(24)25-11-12-8-13(19)10-14(20)9-12/h2-6,8-10H,1,7,11H2. The third-order valence-electron chi connectivity index (χ3n) is 3.43. The summed E-state index contributed by atoms with van der Waals surface area (Å²) in [6, 6.07) is 9.64. The smallest absolute Gasteiger partial charge is 0.192 e. The second-order valence-corrected chi connectivity index (χ2v) is 6.19. The number of nitrogens with zero attached hydrogens (tertiary/aromatic N) is 3. The molecule has 0 fully saturated rings. The van der Waals surface area contributed by atoms with Gasteiger partial charge in [-0.2, -0.15) is 0 Å². The second-order valence-electron chi connectivity index (χ2n) is 5.25. The van der Waals surface area contributed by atoms with Crippen LogP contribution in [0.15, 0.2) is 60.3 Å². The first-order valence-corrected chi connectivity index (χ1v) is 8.44. The molecule has 0 aliphatic rings. The highest BCUT2D eigenvalue weighted by Crippen LogP contribution is 2.28. The maximum atomic E-state index is 14.0. The molecule has 0 radical (unpaired) electrons. The third-order valence-corrected chi connectivity index (χ3v) is 4.47. The van der Waals surface area contributed by atoms with Gasteiger partial charge in [-0.15, -0.1) is 16.8 Å². The van der Waals surface area contributed by atoms with Crippen LogP contribution in [-0.4, -0.2) is 14.8 Å². The Morgan fingerprint density at radius 1 is 1.04 bits per heavy atom. The maximum absolute atomic E-state index is 14.0. The first kappa shape index (κ1) is 17.3. The average Bonchev–Trinajstić information content (AvgIpc) is 2.96. The number of aromatic nitrogens is 3. The highest BCUT2D eigenvalue weighted by atomic mass is 32.2. The minimum Gasteiger partial charge on any atom is -0.298 e. The van der Waals surface area contributed by atoms with E-state index in [0.717, 1.165) is 6.07 Å². The van der Waals surface area contributed by atoms with Crippen LogP contribution >= 0.6 is 11.8 Å². The molecule has 0 unspecified atom stereocenters. The van der Waals surface area contributed by atoms with E-state index in [-0.39, 0.29) is 0 Å². The summed E-state index contributed by atoms with van der Waals surface area (Å²) in [5.74, 6) is -0.971. The lowest BCUT2D eigenvalue weighted by molar-refractivity contribution is 0.581. The summed E-state index contributed by atoms with van der Waals surface area (Å²) < 4.78 is 42.3. The van der Waals surface area contributed by atoms with Crippen molar-refractivity contribution >= 4 is 11.8 Å². The van der Waals surface area contributed by atoms with Gasteiger partial charge in [0.05, 0.1) is 5.56 Å². The minimum absolute atomic E-state index is 0.307. The summed E-state index contributed by atoms with van der Waals surface area (Å²) in [7, 11) is 0. The van der Waals surface area contributed by atoms with E-state index in [1.807, 2.05) is 0 Å². The topological polar surface area (TPSA) is 30.7 Å². The summed E-state index contributed by atoms with van der Waals surface area (Å²) in [5, 5.41) is 8.67. The zero-order valence-corrected chi connectivity index (χ0v) is 13.9. The lowest BCUT2D eigenvalue weighted by Gasteiger charge is -2.08. The molecular weight excluding hydrogens is 347 g/mol. The van der Waals surface area contributed by atoms with E-state index in [2.05, 4.69) is 16.8 Å². The second kappa shape index (κ2) is 7.57. The maximum Gasteiger partial charge on any atom is 0.192 e. The van der Waals surface area contributed by atoms with Crippen molar-refractivity contribution in [3.8, 4) is 11.4 Å². The van der Waals surface area contributed by atoms with Crippen LogP contribution in [0.25, 0.3) is 11.4 Å². The third kappa shape index (κ3) is 3.93. The molecule has 3 rings (SSSR count). The summed E-state index contributed by atoms with van der Waals surface area (Å²) >= 11 is 1.26. The predicted molar refractivity (Wildman–Crippen MR) is 91.5 cm³/mol. The summed E-state index contributed by atoms with van der Waals surface area (Å²) in [4.78, 5) is 0. The van der Waals surface area contributed by atoms with Gasteiger partial charge in [-0.1, -0.05) is 30.0 Å². The fraction of sp³-hybridized carbons (Fsp3) is 0.111. The van der Waals surface area contributed by atoms with Gasteiger partial charge in [-0.3, -0.25) is 4.57 Å². The van der Waals surface area contributed by atoms with Crippen molar-refractivity contribution < 1.29 is 13.2 Å². The molecule has 1 heterocycles. The zero-order valence-electron chi connectivity index (χ0n) is 13.1. The van der Waals surface area contributed by atoms with Gasteiger partial charge >= 0.3 is 0 Å². The van der Waals surface area contributed by atoms with Crippen molar-refractivity contribution in [1.29, 1.82) is 0 Å². The molecule has 0 saturated carbocycles. The Balaban J connectivity index is 1.89. The monoisotopic (exact) mass is 361 g/mol. The Kier molecular flexibility index (Phi) is 5.23. The molecule has 1 aromatic heterocycles. The largest absolute Gasteiger partial charge is 0.298 e. The van der Waals surface area contributed by atoms with Crippen LogP contribution in [0, 0.1) is 17.5 Å². The van der Waals surface area contributed by atoms with E-state index < -0.39 is 17.5 Å². The molecule has 0 bridgehead atoms. The van der Waals surface area contributed by atoms with E-state index in [4.69, 9.17) is 0 Å². The number of thioether (sulfide) groups is 1. The van der Waals surface area contributed by atoms with Gasteiger partial charge in [0.15, 0.2) is 11.0 Å². The summed E-state index contributed by atoms with van der Waals surface area (Å²) in [6.45, 7) is 4.08. The molecule has 3 nitrogen and oxygen atoms in total. The van der Waals surface area contributed by atoms with Crippen LogP contribution in [-0.2, 0) is 12.3 Å². The van der Waals surface area contributed by atoms with Crippen LogP contribution in [0.4, 0.5) is 13.2 Å².